The average Bonchev–Trinajstić information content (AvgIpc) is 2.46. The van der Waals surface area contributed by atoms with Crippen LogP contribution in [0.1, 0.15) is 19.4 Å². The maximum Gasteiger partial charge on any atom is 0.349 e. The van der Waals surface area contributed by atoms with Crippen LogP contribution in [0, 0.1) is 10.5 Å². The average molecular weight is 430 g/mol. The minimum Gasteiger partial charge on any atom is -0.744 e. The van der Waals surface area contributed by atoms with Crippen molar-refractivity contribution in [2.75, 3.05) is 0 Å². The number of hydrogen-bond acceptors (Lipinski definition) is 3. The summed E-state index contributed by atoms with van der Waals surface area (Å²) in [7, 11) is -4.27. The molecule has 0 fully saturated rings. The predicted octanol–water partition coefficient (Wildman–Crippen LogP) is 0.768. The fraction of sp³-hybridized carbons (Fsp3) is 0.176. The van der Waals surface area contributed by atoms with E-state index < -0.39 is 10.1 Å². The van der Waals surface area contributed by atoms with E-state index in [-0.39, 0.29) is 26.1 Å². The predicted molar refractivity (Wildman–Crippen MR) is 83.7 cm³/mol. The highest BCUT2D eigenvalue weighted by Crippen LogP contribution is 2.08. The van der Waals surface area contributed by atoms with Gasteiger partial charge in [0.25, 0.3) is 0 Å². The molecular formula is C17H19IO3S. The normalized spacial score (nSPS) is 10.4. The lowest BCUT2D eigenvalue weighted by Crippen LogP contribution is -3.59. The highest BCUT2D eigenvalue weighted by Gasteiger charge is 2.05. The van der Waals surface area contributed by atoms with Gasteiger partial charge in [0.05, 0.1) is 4.90 Å². The van der Waals surface area contributed by atoms with Crippen LogP contribution in [0.3, 0.4) is 0 Å². The van der Waals surface area contributed by atoms with Gasteiger partial charge in [-0.05, 0) is 50.6 Å². The first-order valence-corrected chi connectivity index (χ1v) is 10.4. The van der Waals surface area contributed by atoms with Gasteiger partial charge < -0.3 is 4.55 Å². The molecule has 0 aliphatic rings. The lowest BCUT2D eigenvalue weighted by molar-refractivity contribution is -0.557. The molecule has 2 aromatic carbocycles. The van der Waals surface area contributed by atoms with E-state index in [1.54, 1.807) is 12.1 Å². The third-order valence-electron chi connectivity index (χ3n) is 2.44. The fourth-order valence-corrected chi connectivity index (χ4v) is 3.65. The van der Waals surface area contributed by atoms with Crippen LogP contribution >= 0.6 is 0 Å². The smallest absolute Gasteiger partial charge is 0.349 e. The summed E-state index contributed by atoms with van der Waals surface area (Å²) in [6.45, 7) is 6.13. The lowest BCUT2D eigenvalue weighted by Gasteiger charge is -2.05. The largest absolute Gasteiger partial charge is 0.744 e. The molecule has 0 radical (unpaired) electrons. The number of rotatable bonds is 3. The molecule has 0 saturated carbocycles. The Morgan fingerprint density at radius 3 is 2.00 bits per heavy atom. The van der Waals surface area contributed by atoms with Crippen molar-refractivity contribution in [3.8, 4) is 0 Å². The van der Waals surface area contributed by atoms with Gasteiger partial charge in [-0.1, -0.05) is 35.9 Å². The van der Waals surface area contributed by atoms with Crippen LogP contribution in [0.25, 0.3) is 0 Å². The van der Waals surface area contributed by atoms with Gasteiger partial charge in [-0.15, -0.1) is 0 Å². The van der Waals surface area contributed by atoms with Crippen molar-refractivity contribution < 1.29 is 34.2 Å². The standard InChI is InChI=1S/C10H12I.C7H8O3S/c1-9(2)8-11-10-6-4-3-5-7-10;1-6-2-4-7(5-3-6)11(8,9)10/h3-8H,1-2H3;2-5H,1H3,(H,8,9,10)/q+1;/p-1. The molecule has 0 saturated heterocycles. The second-order valence-electron chi connectivity index (χ2n) is 4.86. The van der Waals surface area contributed by atoms with Gasteiger partial charge in [0.2, 0.25) is 0 Å². The summed E-state index contributed by atoms with van der Waals surface area (Å²) >= 11 is 0.124. The second kappa shape index (κ2) is 9.07. The molecule has 0 atom stereocenters. The van der Waals surface area contributed by atoms with Crippen molar-refractivity contribution in [3.63, 3.8) is 0 Å². The van der Waals surface area contributed by atoms with Crippen LogP contribution in [0.5, 0.6) is 0 Å². The molecule has 22 heavy (non-hydrogen) atoms. The molecule has 0 heterocycles. The van der Waals surface area contributed by atoms with Crippen molar-refractivity contribution in [1.82, 2.24) is 0 Å². The Bertz CT molecular complexity index is 701. The minimum absolute atomic E-state index is 0.124. The third kappa shape index (κ3) is 7.72. The summed E-state index contributed by atoms with van der Waals surface area (Å²) in [6.07, 6.45) is 0. The highest BCUT2D eigenvalue weighted by atomic mass is 127. The van der Waals surface area contributed by atoms with Crippen molar-refractivity contribution in [2.24, 2.45) is 0 Å². The van der Waals surface area contributed by atoms with Crippen LogP contribution in [-0.4, -0.2) is 13.0 Å². The maximum absolute atomic E-state index is 10.4. The van der Waals surface area contributed by atoms with Gasteiger partial charge in [0, 0.05) is 0 Å². The monoisotopic (exact) mass is 430 g/mol. The fourth-order valence-electron chi connectivity index (χ4n) is 1.36. The Morgan fingerprint density at radius 1 is 1.00 bits per heavy atom. The molecule has 0 aliphatic heterocycles. The first-order chi connectivity index (χ1) is 10.3. The first-order valence-electron chi connectivity index (χ1n) is 6.63. The van der Waals surface area contributed by atoms with Gasteiger partial charge in [-0.25, -0.2) is 8.42 Å². The van der Waals surface area contributed by atoms with E-state index in [2.05, 4.69) is 48.3 Å². The van der Waals surface area contributed by atoms with Gasteiger partial charge in [0.15, 0.2) is 7.65 Å². The molecule has 3 nitrogen and oxygen atoms in total. The summed E-state index contributed by atoms with van der Waals surface area (Å²) < 4.78 is 35.0. The van der Waals surface area contributed by atoms with E-state index in [4.69, 9.17) is 0 Å². The van der Waals surface area contributed by atoms with E-state index in [1.807, 2.05) is 6.92 Å². The van der Waals surface area contributed by atoms with E-state index in [0.29, 0.717) is 0 Å². The summed E-state index contributed by atoms with van der Waals surface area (Å²) in [5.41, 5.74) is 2.36. The number of allylic oxidation sites excluding steroid dienone is 1. The Labute approximate surface area is 143 Å². The van der Waals surface area contributed by atoms with E-state index in [9.17, 15) is 13.0 Å². The van der Waals surface area contributed by atoms with E-state index >= 15 is 0 Å². The van der Waals surface area contributed by atoms with Gasteiger partial charge in [-0.2, -0.15) is 0 Å². The van der Waals surface area contributed by atoms with Crippen LogP contribution in [0.2, 0.25) is 0 Å². The Morgan fingerprint density at radius 2 is 1.55 bits per heavy atom. The third-order valence-corrected chi connectivity index (χ3v) is 6.29. The first kappa shape index (κ1) is 18.9. The topological polar surface area (TPSA) is 57.2 Å². The van der Waals surface area contributed by atoms with Crippen molar-refractivity contribution in [1.29, 1.82) is 0 Å². The summed E-state index contributed by atoms with van der Waals surface area (Å²) in [5.74, 6) is 0. The summed E-state index contributed by atoms with van der Waals surface area (Å²) in [4.78, 5) is -0.178. The number of hydrogen-bond donors (Lipinski definition) is 0. The van der Waals surface area contributed by atoms with Crippen LogP contribution < -0.4 is 21.2 Å². The van der Waals surface area contributed by atoms with Gasteiger partial charge in [0.1, 0.15) is 10.1 Å². The molecule has 5 heteroatoms. The molecule has 0 amide bonds. The van der Waals surface area contributed by atoms with Crippen LogP contribution in [0.15, 0.2) is 69.1 Å². The molecule has 0 unspecified atom stereocenters. The van der Waals surface area contributed by atoms with E-state index in [1.165, 1.54) is 21.3 Å². The van der Waals surface area contributed by atoms with Crippen LogP contribution in [0.4, 0.5) is 0 Å². The molecule has 0 aliphatic carbocycles. The van der Waals surface area contributed by atoms with Gasteiger partial charge in [-0.3, -0.25) is 0 Å². The molecule has 0 bridgehead atoms. The number of aryl methyl sites for hydroxylation is 1. The van der Waals surface area contributed by atoms with E-state index in [0.717, 1.165) is 5.56 Å². The molecule has 0 N–H and O–H groups in total. The summed E-state index contributed by atoms with van der Waals surface area (Å²) in [5, 5.41) is 0. The molecule has 2 rings (SSSR count). The zero-order valence-electron chi connectivity index (χ0n) is 12.8. The Kier molecular flexibility index (Phi) is 7.78. The minimum atomic E-state index is -4.27. The van der Waals surface area contributed by atoms with Crippen molar-refractivity contribution in [3.05, 3.63) is 73.4 Å². The summed E-state index contributed by atoms with van der Waals surface area (Å²) in [6, 6.07) is 16.5. The second-order valence-corrected chi connectivity index (χ2v) is 8.73. The molecule has 2 aromatic rings. The Balaban J connectivity index is 0.000000220. The molecule has 0 aromatic heterocycles. The lowest BCUT2D eigenvalue weighted by atomic mass is 10.2. The quantitative estimate of drug-likeness (QED) is 0.534. The SMILES string of the molecule is CC(C)=C[I+]c1ccccc1.Cc1ccc(S(=O)(=O)[O-])cc1. The molecule has 118 valence electrons. The zero-order valence-corrected chi connectivity index (χ0v) is 15.8. The van der Waals surface area contributed by atoms with Crippen LogP contribution in [-0.2, 0) is 10.1 Å². The Hall–Kier alpha value is -1.18. The number of benzene rings is 2. The highest BCUT2D eigenvalue weighted by molar-refractivity contribution is 7.85. The van der Waals surface area contributed by atoms with Crippen molar-refractivity contribution >= 4 is 10.1 Å². The maximum atomic E-state index is 10.4. The number of halogens is 1. The van der Waals surface area contributed by atoms with Gasteiger partial charge >= 0.3 is 21.2 Å². The van der Waals surface area contributed by atoms with Crippen molar-refractivity contribution in [2.45, 2.75) is 25.7 Å². The molecular weight excluding hydrogens is 411 g/mol. The zero-order chi connectivity index (χ0) is 16.6. The molecule has 0 spiro atoms.